The van der Waals surface area contributed by atoms with E-state index in [9.17, 15) is 0 Å². The Kier molecular flexibility index (Phi) is 5.28. The molecule has 0 spiro atoms. The number of rotatable bonds is 7. The molecule has 2 nitrogen and oxygen atoms in total. The third-order valence-corrected chi connectivity index (χ3v) is 3.95. The van der Waals surface area contributed by atoms with Crippen molar-refractivity contribution >= 4 is 5.69 Å². The average Bonchev–Trinajstić information content (AvgIpc) is 2.92. The van der Waals surface area contributed by atoms with E-state index < -0.39 is 0 Å². The van der Waals surface area contributed by atoms with E-state index in [4.69, 9.17) is 0 Å². The Balaban J connectivity index is 1.95. The number of hydrogen-bond acceptors (Lipinski definition) is 1. The van der Waals surface area contributed by atoms with Gasteiger partial charge in [0.05, 0.1) is 6.54 Å². The van der Waals surface area contributed by atoms with Crippen molar-refractivity contribution in [3.8, 4) is 0 Å². The Morgan fingerprint density at radius 3 is 2.50 bits per heavy atom. The molecule has 1 atom stereocenters. The van der Waals surface area contributed by atoms with E-state index in [1.165, 1.54) is 29.8 Å². The molecule has 0 aliphatic heterocycles. The molecule has 0 radical (unpaired) electrons. The zero-order valence-corrected chi connectivity index (χ0v) is 12.9. The van der Waals surface area contributed by atoms with Gasteiger partial charge in [-0.25, -0.2) is 0 Å². The number of aromatic nitrogens is 1. The lowest BCUT2D eigenvalue weighted by Crippen LogP contribution is -2.07. The van der Waals surface area contributed by atoms with Gasteiger partial charge in [0, 0.05) is 24.1 Å². The summed E-state index contributed by atoms with van der Waals surface area (Å²) in [5.74, 6) is 0.644. The predicted molar refractivity (Wildman–Crippen MR) is 87.2 cm³/mol. The van der Waals surface area contributed by atoms with Gasteiger partial charge in [-0.15, -0.1) is 0 Å². The van der Waals surface area contributed by atoms with Crippen LogP contribution < -0.4 is 5.32 Å². The van der Waals surface area contributed by atoms with Gasteiger partial charge in [-0.1, -0.05) is 32.9 Å². The Hall–Kier alpha value is -1.70. The van der Waals surface area contributed by atoms with Crippen LogP contribution in [0, 0.1) is 0 Å². The second kappa shape index (κ2) is 7.18. The van der Waals surface area contributed by atoms with Crippen LogP contribution in [0.25, 0.3) is 0 Å². The van der Waals surface area contributed by atoms with Crippen LogP contribution in [0.2, 0.25) is 0 Å². The standard InChI is InChI=1S/C18H26N2/c1-4-12-20-13-6-7-18(20)14-19-17-10-8-16(9-11-17)15(3)5-2/h6-11,13,15,19H,4-5,12,14H2,1-3H3. The number of hydrogen-bond donors (Lipinski definition) is 1. The predicted octanol–water partition coefficient (Wildman–Crippen LogP) is 5.02. The van der Waals surface area contributed by atoms with Crippen LogP contribution >= 0.6 is 0 Å². The summed E-state index contributed by atoms with van der Waals surface area (Å²) in [7, 11) is 0. The average molecular weight is 270 g/mol. The third-order valence-electron chi connectivity index (χ3n) is 3.95. The SMILES string of the molecule is CCCn1cccc1CNc1ccc(C(C)CC)cc1. The lowest BCUT2D eigenvalue weighted by molar-refractivity contribution is 0.654. The Bertz CT molecular complexity index is 510. The summed E-state index contributed by atoms with van der Waals surface area (Å²) in [6.45, 7) is 8.70. The molecule has 1 aromatic heterocycles. The smallest absolute Gasteiger partial charge is 0.0553 e. The van der Waals surface area contributed by atoms with E-state index in [1.807, 2.05) is 0 Å². The lowest BCUT2D eigenvalue weighted by atomic mass is 9.99. The first-order chi connectivity index (χ1) is 9.74. The maximum absolute atomic E-state index is 3.51. The topological polar surface area (TPSA) is 17.0 Å². The molecule has 0 aliphatic carbocycles. The number of aryl methyl sites for hydroxylation is 1. The largest absolute Gasteiger partial charge is 0.379 e. The van der Waals surface area contributed by atoms with E-state index in [0.29, 0.717) is 5.92 Å². The molecule has 1 heterocycles. The van der Waals surface area contributed by atoms with Crippen molar-refractivity contribution in [2.75, 3.05) is 5.32 Å². The maximum atomic E-state index is 3.51. The molecular formula is C18H26N2. The summed E-state index contributed by atoms with van der Waals surface area (Å²) in [5.41, 5.74) is 3.96. The van der Waals surface area contributed by atoms with Crippen LogP contribution in [0.15, 0.2) is 42.6 Å². The minimum absolute atomic E-state index is 0.644. The number of anilines is 1. The van der Waals surface area contributed by atoms with Crippen LogP contribution in [0.1, 0.15) is 50.8 Å². The summed E-state index contributed by atoms with van der Waals surface area (Å²) in [5, 5.41) is 3.51. The molecule has 0 aliphatic rings. The van der Waals surface area contributed by atoms with Gasteiger partial charge in [-0.05, 0) is 48.6 Å². The quantitative estimate of drug-likeness (QED) is 0.747. The highest BCUT2D eigenvalue weighted by Gasteiger charge is 2.03. The number of benzene rings is 1. The lowest BCUT2D eigenvalue weighted by Gasteiger charge is -2.12. The van der Waals surface area contributed by atoms with E-state index in [-0.39, 0.29) is 0 Å². The fourth-order valence-electron chi connectivity index (χ4n) is 2.43. The molecule has 1 aromatic carbocycles. The summed E-state index contributed by atoms with van der Waals surface area (Å²) in [6, 6.07) is 13.2. The Morgan fingerprint density at radius 2 is 1.85 bits per heavy atom. The van der Waals surface area contributed by atoms with E-state index in [1.54, 1.807) is 0 Å². The maximum Gasteiger partial charge on any atom is 0.0553 e. The molecule has 0 fully saturated rings. The van der Waals surface area contributed by atoms with Gasteiger partial charge in [0.25, 0.3) is 0 Å². The minimum Gasteiger partial charge on any atom is -0.379 e. The van der Waals surface area contributed by atoms with Gasteiger partial charge in [0.2, 0.25) is 0 Å². The first kappa shape index (κ1) is 14.7. The third kappa shape index (κ3) is 3.66. The normalized spacial score (nSPS) is 12.3. The fourth-order valence-corrected chi connectivity index (χ4v) is 2.43. The molecule has 0 bridgehead atoms. The molecule has 2 heteroatoms. The number of nitrogens with one attached hydrogen (secondary N) is 1. The van der Waals surface area contributed by atoms with Crippen LogP contribution in [0.4, 0.5) is 5.69 Å². The zero-order chi connectivity index (χ0) is 14.4. The van der Waals surface area contributed by atoms with Crippen molar-refractivity contribution in [2.45, 2.75) is 52.6 Å². The van der Waals surface area contributed by atoms with Crippen LogP contribution in [-0.4, -0.2) is 4.57 Å². The molecular weight excluding hydrogens is 244 g/mol. The van der Waals surface area contributed by atoms with Crippen molar-refractivity contribution in [3.05, 3.63) is 53.9 Å². The van der Waals surface area contributed by atoms with Gasteiger partial charge in [-0.3, -0.25) is 0 Å². The fraction of sp³-hybridized carbons (Fsp3) is 0.444. The molecule has 20 heavy (non-hydrogen) atoms. The van der Waals surface area contributed by atoms with Gasteiger partial charge in [-0.2, -0.15) is 0 Å². The van der Waals surface area contributed by atoms with Crippen LogP contribution in [0.3, 0.4) is 0 Å². The molecule has 108 valence electrons. The summed E-state index contributed by atoms with van der Waals surface area (Å²) >= 11 is 0. The molecule has 2 rings (SSSR count). The van der Waals surface area contributed by atoms with Crippen molar-refractivity contribution in [1.29, 1.82) is 0 Å². The van der Waals surface area contributed by atoms with E-state index in [0.717, 1.165) is 13.1 Å². The van der Waals surface area contributed by atoms with Crippen molar-refractivity contribution in [2.24, 2.45) is 0 Å². The molecule has 1 unspecified atom stereocenters. The first-order valence-corrected chi connectivity index (χ1v) is 7.72. The van der Waals surface area contributed by atoms with Crippen LogP contribution in [0.5, 0.6) is 0 Å². The number of nitrogens with zero attached hydrogens (tertiary/aromatic N) is 1. The molecule has 2 aromatic rings. The Labute approximate surface area is 122 Å². The summed E-state index contributed by atoms with van der Waals surface area (Å²) in [6.07, 6.45) is 4.52. The molecule has 1 N–H and O–H groups in total. The summed E-state index contributed by atoms with van der Waals surface area (Å²) in [4.78, 5) is 0. The summed E-state index contributed by atoms with van der Waals surface area (Å²) < 4.78 is 2.32. The van der Waals surface area contributed by atoms with E-state index in [2.05, 4.69) is 73.3 Å². The minimum atomic E-state index is 0.644. The Morgan fingerprint density at radius 1 is 1.10 bits per heavy atom. The molecule has 0 saturated heterocycles. The molecule has 0 saturated carbocycles. The second-order valence-corrected chi connectivity index (χ2v) is 5.48. The van der Waals surface area contributed by atoms with Crippen molar-refractivity contribution < 1.29 is 0 Å². The molecule has 0 amide bonds. The van der Waals surface area contributed by atoms with Gasteiger partial charge in [0.15, 0.2) is 0 Å². The van der Waals surface area contributed by atoms with E-state index >= 15 is 0 Å². The van der Waals surface area contributed by atoms with Crippen molar-refractivity contribution in [1.82, 2.24) is 4.57 Å². The zero-order valence-electron chi connectivity index (χ0n) is 12.9. The van der Waals surface area contributed by atoms with Crippen molar-refractivity contribution in [3.63, 3.8) is 0 Å². The monoisotopic (exact) mass is 270 g/mol. The van der Waals surface area contributed by atoms with Crippen LogP contribution in [-0.2, 0) is 13.1 Å². The highest BCUT2D eigenvalue weighted by molar-refractivity contribution is 5.45. The van der Waals surface area contributed by atoms with Gasteiger partial charge < -0.3 is 9.88 Å². The van der Waals surface area contributed by atoms with Gasteiger partial charge in [0.1, 0.15) is 0 Å². The first-order valence-electron chi connectivity index (χ1n) is 7.72. The highest BCUT2D eigenvalue weighted by Crippen LogP contribution is 2.20. The second-order valence-electron chi connectivity index (χ2n) is 5.48. The highest BCUT2D eigenvalue weighted by atomic mass is 15.0. The van der Waals surface area contributed by atoms with Gasteiger partial charge >= 0.3 is 0 Å².